The van der Waals surface area contributed by atoms with E-state index < -0.39 is 0 Å². The first kappa shape index (κ1) is 14.3. The van der Waals surface area contributed by atoms with Crippen molar-refractivity contribution in [1.29, 1.82) is 0 Å². The Bertz CT molecular complexity index is 505. The van der Waals surface area contributed by atoms with E-state index in [-0.39, 0.29) is 17.1 Å². The van der Waals surface area contributed by atoms with E-state index in [0.717, 1.165) is 10.6 Å². The van der Waals surface area contributed by atoms with Gasteiger partial charge in [0.25, 0.3) is 5.91 Å². The maximum atomic E-state index is 12.2. The molecule has 1 aromatic carbocycles. The second-order valence-corrected chi connectivity index (χ2v) is 6.03. The second-order valence-electron chi connectivity index (χ2n) is 4.05. The van der Waals surface area contributed by atoms with Crippen molar-refractivity contribution in [1.82, 2.24) is 5.32 Å². The van der Waals surface area contributed by atoms with Gasteiger partial charge in [-0.1, -0.05) is 11.8 Å². The normalized spacial score (nSPS) is 18.4. The highest BCUT2D eigenvalue weighted by molar-refractivity contribution is 8.14. The summed E-state index contributed by atoms with van der Waals surface area (Å²) >= 11 is 2.85. The van der Waals surface area contributed by atoms with Crippen LogP contribution in [0, 0.1) is 0 Å². The number of benzene rings is 1. The van der Waals surface area contributed by atoms with Gasteiger partial charge in [-0.05, 0) is 30.9 Å². The van der Waals surface area contributed by atoms with Crippen LogP contribution >= 0.6 is 23.5 Å². The Balaban J connectivity index is 2.16. The third kappa shape index (κ3) is 3.25. The van der Waals surface area contributed by atoms with Crippen LogP contribution in [0.2, 0.25) is 0 Å². The standard InChI is InChI=1S/C13H15NO3S2/c1-17-11-7-8(18-2)3-4-9(11)12(15)14-10-5-6-19-13(10)16/h3-4,7,10H,5-6H2,1-2H3,(H,14,15)/t10-/m1/s1. The predicted octanol–water partition coefficient (Wildman–Crippen LogP) is 2.18. The number of nitrogens with one attached hydrogen (secondary N) is 1. The largest absolute Gasteiger partial charge is 0.496 e. The van der Waals surface area contributed by atoms with E-state index in [1.165, 1.54) is 18.9 Å². The Hall–Kier alpha value is -1.14. The highest BCUT2D eigenvalue weighted by Gasteiger charge is 2.27. The molecule has 0 unspecified atom stereocenters. The van der Waals surface area contributed by atoms with Crippen molar-refractivity contribution in [3.8, 4) is 5.75 Å². The zero-order chi connectivity index (χ0) is 13.8. The maximum Gasteiger partial charge on any atom is 0.255 e. The first-order valence-corrected chi connectivity index (χ1v) is 8.06. The summed E-state index contributed by atoms with van der Waals surface area (Å²) < 4.78 is 5.24. The van der Waals surface area contributed by atoms with Gasteiger partial charge >= 0.3 is 0 Å². The van der Waals surface area contributed by atoms with Gasteiger partial charge in [0, 0.05) is 10.6 Å². The number of thioether (sulfide) groups is 2. The zero-order valence-corrected chi connectivity index (χ0v) is 12.4. The Morgan fingerprint density at radius 3 is 2.89 bits per heavy atom. The summed E-state index contributed by atoms with van der Waals surface area (Å²) in [6.07, 6.45) is 2.66. The topological polar surface area (TPSA) is 55.4 Å². The average molecular weight is 297 g/mol. The van der Waals surface area contributed by atoms with E-state index in [1.807, 2.05) is 18.4 Å². The molecule has 0 aliphatic carbocycles. The lowest BCUT2D eigenvalue weighted by molar-refractivity contribution is -0.112. The smallest absolute Gasteiger partial charge is 0.255 e. The van der Waals surface area contributed by atoms with Crippen LogP contribution in [-0.2, 0) is 4.79 Å². The molecule has 0 saturated carbocycles. The van der Waals surface area contributed by atoms with Gasteiger partial charge < -0.3 is 10.1 Å². The molecule has 2 rings (SSSR count). The Morgan fingerprint density at radius 2 is 2.32 bits per heavy atom. The van der Waals surface area contributed by atoms with Crippen LogP contribution in [0.3, 0.4) is 0 Å². The molecule has 0 bridgehead atoms. The van der Waals surface area contributed by atoms with E-state index >= 15 is 0 Å². The fourth-order valence-electron chi connectivity index (χ4n) is 1.85. The summed E-state index contributed by atoms with van der Waals surface area (Å²) in [5.41, 5.74) is 0.463. The number of amides is 1. The predicted molar refractivity (Wildman–Crippen MR) is 78.1 cm³/mol. The summed E-state index contributed by atoms with van der Waals surface area (Å²) in [5.74, 6) is 1.04. The minimum absolute atomic E-state index is 0.0352. The number of rotatable bonds is 4. The minimum Gasteiger partial charge on any atom is -0.496 e. The second kappa shape index (κ2) is 6.34. The minimum atomic E-state index is -0.373. The molecule has 1 amide bonds. The van der Waals surface area contributed by atoms with Crippen molar-refractivity contribution in [2.24, 2.45) is 0 Å². The molecule has 1 aromatic rings. The monoisotopic (exact) mass is 297 g/mol. The molecule has 4 nitrogen and oxygen atoms in total. The molecular formula is C13H15NO3S2. The van der Waals surface area contributed by atoms with E-state index in [1.54, 1.807) is 17.8 Å². The van der Waals surface area contributed by atoms with Crippen molar-refractivity contribution in [2.75, 3.05) is 19.1 Å². The van der Waals surface area contributed by atoms with Crippen LogP contribution in [0.4, 0.5) is 0 Å². The van der Waals surface area contributed by atoms with Crippen LogP contribution in [0.15, 0.2) is 23.1 Å². The summed E-state index contributed by atoms with van der Waals surface area (Å²) in [4.78, 5) is 24.7. The Kier molecular flexibility index (Phi) is 4.76. The molecule has 1 aliphatic rings. The number of methoxy groups -OCH3 is 1. The molecule has 0 spiro atoms. The number of ether oxygens (including phenoxy) is 1. The summed E-state index contributed by atoms with van der Waals surface area (Å²) in [6, 6.07) is 5.05. The van der Waals surface area contributed by atoms with Crippen molar-refractivity contribution >= 4 is 34.5 Å². The van der Waals surface area contributed by atoms with Gasteiger partial charge in [0.15, 0.2) is 0 Å². The molecule has 102 valence electrons. The van der Waals surface area contributed by atoms with Gasteiger partial charge in [0.1, 0.15) is 5.75 Å². The fourth-order valence-corrected chi connectivity index (χ4v) is 3.21. The van der Waals surface area contributed by atoms with Gasteiger partial charge in [-0.25, -0.2) is 0 Å². The molecule has 19 heavy (non-hydrogen) atoms. The summed E-state index contributed by atoms with van der Waals surface area (Å²) in [5, 5.41) is 2.80. The summed E-state index contributed by atoms with van der Waals surface area (Å²) in [7, 11) is 1.53. The van der Waals surface area contributed by atoms with Crippen LogP contribution in [0.5, 0.6) is 5.75 Å². The zero-order valence-electron chi connectivity index (χ0n) is 10.8. The number of carbonyl (C=O) groups excluding carboxylic acids is 2. The van der Waals surface area contributed by atoms with Crippen LogP contribution in [-0.4, -0.2) is 36.2 Å². The van der Waals surface area contributed by atoms with Crippen molar-refractivity contribution in [3.05, 3.63) is 23.8 Å². The lowest BCUT2D eigenvalue weighted by Gasteiger charge is -2.13. The fraction of sp³-hybridized carbons (Fsp3) is 0.385. The maximum absolute atomic E-state index is 12.2. The molecular weight excluding hydrogens is 282 g/mol. The van der Waals surface area contributed by atoms with Crippen LogP contribution < -0.4 is 10.1 Å². The number of carbonyl (C=O) groups is 2. The van der Waals surface area contributed by atoms with Crippen molar-refractivity contribution < 1.29 is 14.3 Å². The van der Waals surface area contributed by atoms with Crippen molar-refractivity contribution in [2.45, 2.75) is 17.4 Å². The van der Waals surface area contributed by atoms with Gasteiger partial charge in [0.05, 0.1) is 18.7 Å². The Labute approximate surface area is 120 Å². The molecule has 0 radical (unpaired) electrons. The molecule has 1 aliphatic heterocycles. The lowest BCUT2D eigenvalue weighted by Crippen LogP contribution is -2.37. The average Bonchev–Trinajstić information content (AvgIpc) is 2.83. The van der Waals surface area contributed by atoms with Crippen molar-refractivity contribution in [3.63, 3.8) is 0 Å². The number of hydrogen-bond donors (Lipinski definition) is 1. The van der Waals surface area contributed by atoms with E-state index in [9.17, 15) is 9.59 Å². The molecule has 1 fully saturated rings. The molecule has 1 atom stereocenters. The van der Waals surface area contributed by atoms with Crippen LogP contribution in [0.25, 0.3) is 0 Å². The molecule has 1 saturated heterocycles. The third-order valence-electron chi connectivity index (χ3n) is 2.89. The first-order valence-electron chi connectivity index (χ1n) is 5.85. The molecule has 6 heteroatoms. The lowest BCUT2D eigenvalue weighted by atomic mass is 10.1. The van der Waals surface area contributed by atoms with Gasteiger partial charge in [-0.15, -0.1) is 11.8 Å². The molecule has 1 N–H and O–H groups in total. The highest BCUT2D eigenvalue weighted by Crippen LogP contribution is 2.26. The van der Waals surface area contributed by atoms with E-state index in [4.69, 9.17) is 4.74 Å². The Morgan fingerprint density at radius 1 is 1.53 bits per heavy atom. The SMILES string of the molecule is COc1cc(SC)ccc1C(=O)N[C@@H]1CCSC1=O. The third-order valence-corrected chi connectivity index (χ3v) is 4.63. The van der Waals surface area contributed by atoms with E-state index in [2.05, 4.69) is 5.32 Å². The van der Waals surface area contributed by atoms with Gasteiger partial charge in [-0.3, -0.25) is 9.59 Å². The quantitative estimate of drug-likeness (QED) is 0.863. The summed E-state index contributed by atoms with van der Waals surface area (Å²) in [6.45, 7) is 0. The van der Waals surface area contributed by atoms with Gasteiger partial charge in [0.2, 0.25) is 5.12 Å². The number of hydrogen-bond acceptors (Lipinski definition) is 5. The van der Waals surface area contributed by atoms with E-state index in [0.29, 0.717) is 17.7 Å². The van der Waals surface area contributed by atoms with Gasteiger partial charge in [-0.2, -0.15) is 0 Å². The first-order chi connectivity index (χ1) is 9.15. The van der Waals surface area contributed by atoms with Crippen LogP contribution in [0.1, 0.15) is 16.8 Å². The highest BCUT2D eigenvalue weighted by atomic mass is 32.2. The molecule has 1 heterocycles. The molecule has 0 aromatic heterocycles.